The quantitative estimate of drug-likeness (QED) is 0.0222. The second-order valence-corrected chi connectivity index (χ2v) is 34.8. The molecule has 2 unspecified atom stereocenters. The van der Waals surface area contributed by atoms with Crippen molar-refractivity contribution in [3.8, 4) is 0 Å². The van der Waals surface area contributed by atoms with Crippen molar-refractivity contribution in [2.24, 2.45) is 11.8 Å². The van der Waals surface area contributed by atoms with Crippen molar-refractivity contribution in [2.75, 3.05) is 39.6 Å². The van der Waals surface area contributed by atoms with Crippen LogP contribution < -0.4 is 0 Å². The number of carbonyl (C=O) groups excluding carboxylic acids is 4. The second kappa shape index (κ2) is 77.4. The maximum atomic E-state index is 13.1. The van der Waals surface area contributed by atoms with E-state index in [1.54, 1.807) is 0 Å². The molecule has 624 valence electrons. The monoisotopic (exact) mass is 1540 g/mol. The average molecular weight is 1540 g/mol. The molecule has 5 atom stereocenters. The van der Waals surface area contributed by atoms with E-state index >= 15 is 0 Å². The minimum atomic E-state index is -4.97. The zero-order valence-corrected chi connectivity index (χ0v) is 70.8. The zero-order chi connectivity index (χ0) is 77.1. The molecule has 0 spiro atoms. The highest BCUT2D eigenvalue weighted by Crippen LogP contribution is 2.45. The van der Waals surface area contributed by atoms with Crippen LogP contribution in [0, 0.1) is 11.8 Å². The van der Waals surface area contributed by atoms with E-state index in [1.807, 2.05) is 0 Å². The van der Waals surface area contributed by atoms with Crippen LogP contribution in [0.15, 0.2) is 0 Å². The Bertz CT molecular complexity index is 2010. The Morgan fingerprint density at radius 2 is 0.438 bits per heavy atom. The summed E-state index contributed by atoms with van der Waals surface area (Å²) in [6.07, 6.45) is 69.5. The number of phosphoric acid groups is 2. The molecule has 0 radical (unpaired) electrons. The number of rotatable bonds is 85. The van der Waals surface area contributed by atoms with Crippen LogP contribution >= 0.6 is 15.6 Å². The fourth-order valence-electron chi connectivity index (χ4n) is 13.4. The lowest BCUT2D eigenvalue weighted by Crippen LogP contribution is -2.30. The Morgan fingerprint density at radius 3 is 0.648 bits per heavy atom. The van der Waals surface area contributed by atoms with Gasteiger partial charge in [0, 0.05) is 25.7 Å². The minimum absolute atomic E-state index is 0.107. The van der Waals surface area contributed by atoms with Crippen molar-refractivity contribution >= 4 is 39.5 Å². The van der Waals surface area contributed by atoms with E-state index in [0.717, 1.165) is 102 Å². The summed E-state index contributed by atoms with van der Waals surface area (Å²) < 4.78 is 68.9. The number of hydrogen-bond acceptors (Lipinski definition) is 15. The SMILES string of the molecule is CCCCCCCCCCCCCCCCCCCCCCCCC(=O)O[C@H](COC(=O)CCCCCCCCCCCCCCCCCCC(C)C)COP(=O)(O)OC[C@@H](O)COP(=O)(O)OC[C@@H](COC(=O)CCCCCCCCCCCCC)OC(=O)CCCCCCCCCCCCC(C)C. The maximum absolute atomic E-state index is 13.1. The van der Waals surface area contributed by atoms with Gasteiger partial charge < -0.3 is 33.8 Å². The summed E-state index contributed by atoms with van der Waals surface area (Å²) in [5.41, 5.74) is 0. The van der Waals surface area contributed by atoms with E-state index in [4.69, 9.17) is 37.0 Å². The third-order valence-corrected chi connectivity index (χ3v) is 22.1. The smallest absolute Gasteiger partial charge is 0.462 e. The minimum Gasteiger partial charge on any atom is -0.462 e. The molecular weight excluding hydrogens is 1370 g/mol. The highest BCUT2D eigenvalue weighted by molar-refractivity contribution is 7.47. The van der Waals surface area contributed by atoms with Crippen LogP contribution in [0.4, 0.5) is 0 Å². The molecular formula is C86H168O17P2. The van der Waals surface area contributed by atoms with E-state index in [9.17, 15) is 43.2 Å². The summed E-state index contributed by atoms with van der Waals surface area (Å²) >= 11 is 0. The van der Waals surface area contributed by atoms with E-state index in [1.165, 1.54) is 276 Å². The summed E-state index contributed by atoms with van der Waals surface area (Å²) in [6, 6.07) is 0. The number of hydrogen-bond donors (Lipinski definition) is 3. The summed E-state index contributed by atoms with van der Waals surface area (Å²) in [5, 5.41) is 10.7. The highest BCUT2D eigenvalue weighted by atomic mass is 31.2. The molecule has 0 aliphatic rings. The molecule has 0 aromatic heterocycles. The third kappa shape index (κ3) is 79.9. The van der Waals surface area contributed by atoms with Gasteiger partial charge in [-0.2, -0.15) is 0 Å². The summed E-state index contributed by atoms with van der Waals surface area (Å²) in [5.74, 6) is -0.538. The van der Waals surface area contributed by atoms with Crippen LogP contribution in [0.1, 0.15) is 459 Å². The first kappa shape index (κ1) is 103. The van der Waals surface area contributed by atoms with Crippen LogP contribution in [-0.4, -0.2) is 96.7 Å². The molecule has 105 heavy (non-hydrogen) atoms. The van der Waals surface area contributed by atoms with Gasteiger partial charge in [-0.25, -0.2) is 9.13 Å². The molecule has 0 fully saturated rings. The number of aliphatic hydroxyl groups is 1. The molecule has 0 aliphatic carbocycles. The van der Waals surface area contributed by atoms with Crippen molar-refractivity contribution in [1.29, 1.82) is 0 Å². The topological polar surface area (TPSA) is 237 Å². The lowest BCUT2D eigenvalue weighted by atomic mass is 10.0. The van der Waals surface area contributed by atoms with Gasteiger partial charge in [-0.05, 0) is 37.5 Å². The van der Waals surface area contributed by atoms with Crippen LogP contribution in [-0.2, 0) is 65.4 Å². The average Bonchev–Trinajstić information content (AvgIpc) is 0.940. The van der Waals surface area contributed by atoms with Crippen molar-refractivity contribution in [3.05, 3.63) is 0 Å². The molecule has 0 saturated carbocycles. The fraction of sp³-hybridized carbons (Fsp3) is 0.953. The fourth-order valence-corrected chi connectivity index (χ4v) is 15.0. The van der Waals surface area contributed by atoms with E-state index in [2.05, 4.69) is 41.5 Å². The van der Waals surface area contributed by atoms with Crippen molar-refractivity contribution in [3.63, 3.8) is 0 Å². The summed E-state index contributed by atoms with van der Waals surface area (Å²) in [6.45, 7) is 9.68. The predicted octanol–water partition coefficient (Wildman–Crippen LogP) is 26.2. The highest BCUT2D eigenvalue weighted by Gasteiger charge is 2.30. The van der Waals surface area contributed by atoms with Crippen LogP contribution in [0.3, 0.4) is 0 Å². The molecule has 0 saturated heterocycles. The Hall–Kier alpha value is -1.94. The second-order valence-electron chi connectivity index (χ2n) is 31.9. The normalized spacial score (nSPS) is 13.8. The summed E-state index contributed by atoms with van der Waals surface area (Å²) in [7, 11) is -9.93. The number of esters is 4. The Kier molecular flexibility index (Phi) is 76.0. The maximum Gasteiger partial charge on any atom is 0.472 e. The molecule has 3 N–H and O–H groups in total. The Balaban J connectivity index is 5.22. The van der Waals surface area contributed by atoms with E-state index < -0.39 is 97.5 Å². The third-order valence-electron chi connectivity index (χ3n) is 20.2. The van der Waals surface area contributed by atoms with Gasteiger partial charge in [-0.1, -0.05) is 408 Å². The van der Waals surface area contributed by atoms with Crippen LogP contribution in [0.5, 0.6) is 0 Å². The molecule has 0 aliphatic heterocycles. The lowest BCUT2D eigenvalue weighted by Gasteiger charge is -2.21. The van der Waals surface area contributed by atoms with Gasteiger partial charge >= 0.3 is 39.5 Å². The van der Waals surface area contributed by atoms with Gasteiger partial charge in [0.05, 0.1) is 26.4 Å². The number of phosphoric ester groups is 2. The first-order valence-electron chi connectivity index (χ1n) is 44.5. The van der Waals surface area contributed by atoms with Crippen LogP contribution in [0.2, 0.25) is 0 Å². The van der Waals surface area contributed by atoms with Crippen molar-refractivity contribution < 1.29 is 80.2 Å². The molecule has 19 heteroatoms. The van der Waals surface area contributed by atoms with E-state index in [0.29, 0.717) is 25.7 Å². The number of aliphatic hydroxyl groups excluding tert-OH is 1. The Labute approximate surface area is 645 Å². The predicted molar refractivity (Wildman–Crippen MR) is 432 cm³/mol. The van der Waals surface area contributed by atoms with Gasteiger partial charge in [0.25, 0.3) is 0 Å². The molecule has 17 nitrogen and oxygen atoms in total. The molecule has 0 aromatic rings. The molecule has 0 amide bonds. The van der Waals surface area contributed by atoms with E-state index in [-0.39, 0.29) is 25.7 Å². The number of unbranched alkanes of at least 4 members (excludes halogenated alkanes) is 55. The van der Waals surface area contributed by atoms with Gasteiger partial charge in [0.2, 0.25) is 0 Å². The first-order chi connectivity index (χ1) is 50.9. The molecule has 0 aromatic carbocycles. The van der Waals surface area contributed by atoms with Gasteiger partial charge in [0.1, 0.15) is 19.3 Å². The molecule has 0 bridgehead atoms. The summed E-state index contributed by atoms with van der Waals surface area (Å²) in [4.78, 5) is 73.2. The number of ether oxygens (including phenoxy) is 4. The van der Waals surface area contributed by atoms with Gasteiger partial charge in [-0.3, -0.25) is 37.3 Å². The van der Waals surface area contributed by atoms with Crippen molar-refractivity contribution in [2.45, 2.75) is 477 Å². The standard InChI is InChI=1S/C86H168O17P2/c1-7-9-11-13-15-17-19-20-21-22-23-24-25-26-27-32-35-39-46-52-58-64-70-85(90)102-81(75-97-84(89)69-63-57-51-45-38-34-31-29-28-30-33-37-42-48-54-60-66-78(3)4)76-100-104(92,93)98-72-80(87)73-99-105(94,95)101-77-82(74-96-83(88)68-62-56-50-44-36-18-16-14-12-10-8-2)103-86(91)71-65-59-53-47-41-40-43-49-55-61-67-79(5)6/h78-82,87H,7-77H2,1-6H3,(H,92,93)(H,94,95)/t80-,81-,82-/m1/s1. The van der Waals surface area contributed by atoms with Crippen LogP contribution in [0.25, 0.3) is 0 Å². The molecule has 0 rings (SSSR count). The largest absolute Gasteiger partial charge is 0.472 e. The Morgan fingerprint density at radius 1 is 0.257 bits per heavy atom. The van der Waals surface area contributed by atoms with Crippen molar-refractivity contribution in [1.82, 2.24) is 0 Å². The van der Waals surface area contributed by atoms with Gasteiger partial charge in [0.15, 0.2) is 12.2 Å². The van der Waals surface area contributed by atoms with Gasteiger partial charge in [-0.15, -0.1) is 0 Å². The lowest BCUT2D eigenvalue weighted by molar-refractivity contribution is -0.161. The first-order valence-corrected chi connectivity index (χ1v) is 47.5. The zero-order valence-electron chi connectivity index (χ0n) is 69.0. The molecule has 0 heterocycles. The number of carbonyl (C=O) groups is 4.